The molecule has 3 N–H and O–H groups in total. The number of hydrogen-bond acceptors (Lipinski definition) is 4. The van der Waals surface area contributed by atoms with Crippen molar-refractivity contribution >= 4 is 28.5 Å². The molecule has 1 aliphatic rings. The van der Waals surface area contributed by atoms with Crippen molar-refractivity contribution in [1.82, 2.24) is 20.6 Å². The number of carbonyl (C=O) groups excluding carboxylic acids is 2. The largest absolute Gasteiger partial charge is 0.354 e. The number of fused-ring (bicyclic) bond motifs is 1. The van der Waals surface area contributed by atoms with Gasteiger partial charge in [0.1, 0.15) is 0 Å². The molecule has 1 aliphatic heterocycles. The summed E-state index contributed by atoms with van der Waals surface area (Å²) in [6.45, 7) is 0.495. The first kappa shape index (κ1) is 20.7. The van der Waals surface area contributed by atoms with Gasteiger partial charge < -0.3 is 10.6 Å². The van der Waals surface area contributed by atoms with Crippen molar-refractivity contribution in [3.63, 3.8) is 0 Å². The van der Waals surface area contributed by atoms with Gasteiger partial charge in [0.15, 0.2) is 5.69 Å². The van der Waals surface area contributed by atoms with E-state index in [0.717, 1.165) is 34.0 Å². The second-order valence-corrected chi connectivity index (χ2v) is 7.80. The molecular weight excluding hydrogens is 418 g/mol. The average Bonchev–Trinajstić information content (AvgIpc) is 3.51. The summed E-state index contributed by atoms with van der Waals surface area (Å²) in [4.78, 5) is 30.5. The van der Waals surface area contributed by atoms with Crippen molar-refractivity contribution < 1.29 is 14.4 Å². The maximum Gasteiger partial charge on any atom is 0.346 e. The van der Waals surface area contributed by atoms with Crippen molar-refractivity contribution in [2.24, 2.45) is 0 Å². The van der Waals surface area contributed by atoms with Crippen LogP contribution in [0.5, 0.6) is 0 Å². The van der Waals surface area contributed by atoms with E-state index in [9.17, 15) is 9.59 Å². The molecule has 0 unspecified atom stereocenters. The smallest absolute Gasteiger partial charge is 0.346 e. The SMILES string of the molecule is CNC(=O)c1n[nH]c2cc(-c3cccc(NC(=O)N4OCC[C@H]4c4ccccc4)c3)ccc12. The second-order valence-electron chi connectivity index (χ2n) is 7.80. The maximum absolute atomic E-state index is 13.0. The number of rotatable bonds is 4. The maximum atomic E-state index is 13.0. The van der Waals surface area contributed by atoms with Crippen LogP contribution in [0.25, 0.3) is 22.0 Å². The van der Waals surface area contributed by atoms with Gasteiger partial charge in [0.05, 0.1) is 18.2 Å². The lowest BCUT2D eigenvalue weighted by Crippen LogP contribution is -2.33. The summed E-state index contributed by atoms with van der Waals surface area (Å²) in [5.74, 6) is -0.239. The molecule has 0 bridgehead atoms. The van der Waals surface area contributed by atoms with Crippen LogP contribution in [0.2, 0.25) is 0 Å². The fourth-order valence-corrected chi connectivity index (χ4v) is 4.09. The Morgan fingerprint density at radius 2 is 1.85 bits per heavy atom. The highest BCUT2D eigenvalue weighted by Crippen LogP contribution is 2.31. The van der Waals surface area contributed by atoms with Crippen LogP contribution < -0.4 is 10.6 Å². The fourth-order valence-electron chi connectivity index (χ4n) is 4.09. The number of anilines is 1. The molecule has 33 heavy (non-hydrogen) atoms. The number of amides is 3. The van der Waals surface area contributed by atoms with Crippen LogP contribution in [0.15, 0.2) is 72.8 Å². The number of aromatic amines is 1. The van der Waals surface area contributed by atoms with Crippen molar-refractivity contribution in [2.75, 3.05) is 19.0 Å². The zero-order valence-electron chi connectivity index (χ0n) is 18.0. The highest BCUT2D eigenvalue weighted by atomic mass is 16.7. The number of urea groups is 1. The van der Waals surface area contributed by atoms with Gasteiger partial charge >= 0.3 is 6.03 Å². The molecule has 1 aromatic heterocycles. The Kier molecular flexibility index (Phi) is 5.50. The van der Waals surface area contributed by atoms with Gasteiger partial charge in [-0.15, -0.1) is 0 Å². The zero-order valence-corrected chi connectivity index (χ0v) is 18.0. The van der Waals surface area contributed by atoms with E-state index in [1.165, 1.54) is 5.06 Å². The molecular formula is C25H23N5O3. The molecule has 8 nitrogen and oxygen atoms in total. The van der Waals surface area contributed by atoms with Gasteiger partial charge in [-0.05, 0) is 41.0 Å². The number of hydrogen-bond donors (Lipinski definition) is 3. The summed E-state index contributed by atoms with van der Waals surface area (Å²) < 4.78 is 0. The predicted molar refractivity (Wildman–Crippen MR) is 126 cm³/mol. The molecule has 8 heteroatoms. The van der Waals surface area contributed by atoms with Crippen molar-refractivity contribution in [1.29, 1.82) is 0 Å². The molecule has 0 aliphatic carbocycles. The van der Waals surface area contributed by atoms with Crippen molar-refractivity contribution in [3.8, 4) is 11.1 Å². The number of H-pyrrole nitrogens is 1. The van der Waals surface area contributed by atoms with E-state index in [2.05, 4.69) is 20.8 Å². The van der Waals surface area contributed by atoms with E-state index in [-0.39, 0.29) is 18.0 Å². The zero-order chi connectivity index (χ0) is 22.8. The van der Waals surface area contributed by atoms with Crippen LogP contribution >= 0.6 is 0 Å². The molecule has 3 aromatic carbocycles. The highest BCUT2D eigenvalue weighted by Gasteiger charge is 2.31. The summed E-state index contributed by atoms with van der Waals surface area (Å²) in [6, 6.07) is 22.8. The Hall–Kier alpha value is -4.17. The Balaban J connectivity index is 1.36. The minimum atomic E-state index is -0.308. The second kappa shape index (κ2) is 8.76. The van der Waals surface area contributed by atoms with Crippen LogP contribution in [0.4, 0.5) is 10.5 Å². The van der Waals surface area contributed by atoms with E-state index in [4.69, 9.17) is 4.84 Å². The van der Waals surface area contributed by atoms with Crippen molar-refractivity contribution in [3.05, 3.63) is 84.1 Å². The molecule has 4 aromatic rings. The third-order valence-electron chi connectivity index (χ3n) is 5.74. The topological polar surface area (TPSA) is 99.3 Å². The Morgan fingerprint density at radius 3 is 2.67 bits per heavy atom. The summed E-state index contributed by atoms with van der Waals surface area (Å²) in [5, 5.41) is 14.7. The number of hydroxylamine groups is 2. The Morgan fingerprint density at radius 1 is 1.03 bits per heavy atom. The fraction of sp³-hybridized carbons (Fsp3) is 0.160. The highest BCUT2D eigenvalue weighted by molar-refractivity contribution is 6.05. The molecule has 3 amide bonds. The van der Waals surface area contributed by atoms with Crippen LogP contribution in [-0.4, -0.2) is 40.9 Å². The predicted octanol–water partition coefficient (Wildman–Crippen LogP) is 4.50. The molecule has 2 heterocycles. The molecule has 1 atom stereocenters. The van der Waals surface area contributed by atoms with Gasteiger partial charge in [-0.2, -0.15) is 10.2 Å². The monoisotopic (exact) mass is 441 g/mol. The lowest BCUT2D eigenvalue weighted by atomic mass is 10.0. The molecule has 5 rings (SSSR count). The van der Waals surface area contributed by atoms with E-state index in [1.54, 1.807) is 7.05 Å². The molecule has 1 saturated heterocycles. The van der Waals surface area contributed by atoms with Crippen molar-refractivity contribution in [2.45, 2.75) is 12.5 Å². The van der Waals surface area contributed by atoms with Gasteiger partial charge in [-0.1, -0.05) is 48.5 Å². The first-order valence-electron chi connectivity index (χ1n) is 10.7. The number of benzene rings is 3. The number of nitrogens with one attached hydrogen (secondary N) is 3. The van der Waals surface area contributed by atoms with Gasteiger partial charge in [0, 0.05) is 24.5 Å². The quantitative estimate of drug-likeness (QED) is 0.434. The van der Waals surface area contributed by atoms with Crippen LogP contribution in [0.1, 0.15) is 28.5 Å². The number of nitrogens with zero attached hydrogens (tertiary/aromatic N) is 2. The normalized spacial score (nSPS) is 15.5. The Labute approximate surface area is 190 Å². The van der Waals surface area contributed by atoms with Crippen LogP contribution in [0.3, 0.4) is 0 Å². The lowest BCUT2D eigenvalue weighted by molar-refractivity contribution is -0.0829. The molecule has 166 valence electrons. The summed E-state index contributed by atoms with van der Waals surface area (Å²) in [6.07, 6.45) is 0.750. The third kappa shape index (κ3) is 4.04. The van der Waals surface area contributed by atoms with Gasteiger partial charge in [-0.3, -0.25) is 14.7 Å². The first-order valence-corrected chi connectivity index (χ1v) is 10.7. The summed E-state index contributed by atoms with van der Waals surface area (Å²) in [5.41, 5.74) is 4.69. The van der Waals surface area contributed by atoms with E-state index in [0.29, 0.717) is 18.0 Å². The van der Waals surface area contributed by atoms with E-state index < -0.39 is 0 Å². The summed E-state index contributed by atoms with van der Waals surface area (Å²) in [7, 11) is 1.58. The first-order chi connectivity index (χ1) is 16.1. The summed E-state index contributed by atoms with van der Waals surface area (Å²) >= 11 is 0. The average molecular weight is 441 g/mol. The molecule has 0 radical (unpaired) electrons. The minimum Gasteiger partial charge on any atom is -0.354 e. The van der Waals surface area contributed by atoms with Crippen LogP contribution in [-0.2, 0) is 4.84 Å². The van der Waals surface area contributed by atoms with Gasteiger partial charge in [-0.25, -0.2) is 4.79 Å². The van der Waals surface area contributed by atoms with E-state index >= 15 is 0 Å². The molecule has 0 saturated carbocycles. The lowest BCUT2D eigenvalue weighted by Gasteiger charge is -2.23. The van der Waals surface area contributed by atoms with E-state index in [1.807, 2.05) is 72.8 Å². The number of aromatic nitrogens is 2. The molecule has 0 spiro atoms. The van der Waals surface area contributed by atoms with Gasteiger partial charge in [0.25, 0.3) is 5.91 Å². The number of carbonyl (C=O) groups is 2. The van der Waals surface area contributed by atoms with Crippen LogP contribution in [0, 0.1) is 0 Å². The molecule has 1 fully saturated rings. The Bertz CT molecular complexity index is 1320. The standard InChI is InChI=1S/C25H23N5O3/c1-26-24(31)23-20-11-10-18(15-21(20)28-29-23)17-8-5-9-19(14-17)27-25(32)30-22(12-13-33-30)16-6-3-2-4-7-16/h2-11,14-15,22H,12-13H2,1H3,(H,26,31)(H,27,32)(H,28,29)/t22-/m0/s1. The third-order valence-corrected chi connectivity index (χ3v) is 5.74. The minimum absolute atomic E-state index is 0.119. The van der Waals surface area contributed by atoms with Gasteiger partial charge in [0.2, 0.25) is 0 Å².